The smallest absolute Gasteiger partial charge is 0.417 e. The SMILES string of the molecule is Cn1c(=O)c(C(=O)NC(C)(C)C(=O)O)c(O)c2c(C(F)(F)F)cccc21. The zero-order valence-corrected chi connectivity index (χ0v) is 13.9. The largest absolute Gasteiger partial charge is 0.506 e. The third kappa shape index (κ3) is 3.09. The highest BCUT2D eigenvalue weighted by Gasteiger charge is 2.37. The van der Waals surface area contributed by atoms with E-state index >= 15 is 0 Å². The number of benzene rings is 1. The number of nitrogens with zero attached hydrogens (tertiary/aromatic N) is 1. The number of hydrogen-bond donors (Lipinski definition) is 3. The van der Waals surface area contributed by atoms with E-state index in [1.54, 1.807) is 0 Å². The highest BCUT2D eigenvalue weighted by atomic mass is 19.4. The lowest BCUT2D eigenvalue weighted by Gasteiger charge is -2.22. The Kier molecular flexibility index (Phi) is 4.48. The average molecular weight is 372 g/mol. The highest BCUT2D eigenvalue weighted by Crippen LogP contribution is 2.39. The third-order valence-electron chi connectivity index (χ3n) is 3.89. The number of aryl methyl sites for hydroxylation is 1. The molecule has 1 amide bonds. The first-order chi connectivity index (χ1) is 11.8. The number of hydrogen-bond acceptors (Lipinski definition) is 4. The van der Waals surface area contributed by atoms with Crippen LogP contribution in [0.2, 0.25) is 0 Å². The number of aromatic nitrogens is 1. The van der Waals surface area contributed by atoms with E-state index in [1.165, 1.54) is 6.07 Å². The fourth-order valence-electron chi connectivity index (χ4n) is 2.41. The molecule has 0 unspecified atom stereocenters. The predicted octanol–water partition coefficient (Wildman–Crippen LogP) is 1.86. The topological polar surface area (TPSA) is 109 Å². The first kappa shape index (κ1) is 19.3. The summed E-state index contributed by atoms with van der Waals surface area (Å²) in [5, 5.41) is 20.6. The Bertz CT molecular complexity index is 976. The number of alkyl halides is 3. The standard InChI is InChI=1S/C16H15F3N2O5/c1-15(2,14(25)26)20-12(23)10-11(22)9-7(16(17,18)19)5-4-6-8(9)21(3)13(10)24/h4-6,22H,1-3H3,(H,20,23)(H,25,26). The van der Waals surface area contributed by atoms with Gasteiger partial charge in [0.1, 0.15) is 16.9 Å². The normalized spacial score (nSPS) is 12.2. The Morgan fingerprint density at radius 3 is 2.27 bits per heavy atom. The molecule has 1 aromatic carbocycles. The van der Waals surface area contributed by atoms with E-state index in [0.717, 1.165) is 31.5 Å². The van der Waals surface area contributed by atoms with E-state index in [9.17, 15) is 32.7 Å². The molecule has 0 radical (unpaired) electrons. The molecule has 7 nitrogen and oxygen atoms in total. The van der Waals surface area contributed by atoms with Crippen LogP contribution in [0.15, 0.2) is 23.0 Å². The van der Waals surface area contributed by atoms with Crippen molar-refractivity contribution >= 4 is 22.8 Å². The van der Waals surface area contributed by atoms with E-state index in [2.05, 4.69) is 0 Å². The Morgan fingerprint density at radius 1 is 1.19 bits per heavy atom. The molecule has 0 spiro atoms. The summed E-state index contributed by atoms with van der Waals surface area (Å²) in [6.45, 7) is 2.24. The van der Waals surface area contributed by atoms with Gasteiger partial charge in [-0.2, -0.15) is 13.2 Å². The maximum Gasteiger partial charge on any atom is 0.417 e. The number of carboxylic acid groups (broad SMARTS) is 1. The van der Waals surface area contributed by atoms with Gasteiger partial charge in [0.05, 0.1) is 16.5 Å². The van der Waals surface area contributed by atoms with Gasteiger partial charge in [0.25, 0.3) is 11.5 Å². The number of aliphatic carboxylic acids is 1. The Balaban J connectivity index is 2.82. The fourth-order valence-corrected chi connectivity index (χ4v) is 2.41. The lowest BCUT2D eigenvalue weighted by molar-refractivity contribution is -0.143. The monoisotopic (exact) mass is 372 g/mol. The van der Waals surface area contributed by atoms with Gasteiger partial charge in [-0.25, -0.2) is 4.79 Å². The molecule has 1 aromatic heterocycles. The molecular weight excluding hydrogens is 357 g/mol. The van der Waals surface area contributed by atoms with Gasteiger partial charge >= 0.3 is 12.1 Å². The van der Waals surface area contributed by atoms with Crippen LogP contribution in [-0.2, 0) is 18.0 Å². The molecule has 2 rings (SSSR count). The maximum atomic E-state index is 13.3. The first-order valence-corrected chi connectivity index (χ1v) is 7.26. The van der Waals surface area contributed by atoms with Gasteiger partial charge in [0.2, 0.25) is 0 Å². The summed E-state index contributed by atoms with van der Waals surface area (Å²) in [5.74, 6) is -3.89. The van der Waals surface area contributed by atoms with E-state index in [4.69, 9.17) is 5.11 Å². The number of fused-ring (bicyclic) bond motifs is 1. The molecule has 0 fully saturated rings. The van der Waals surface area contributed by atoms with Crippen molar-refractivity contribution < 1.29 is 33.0 Å². The van der Waals surface area contributed by atoms with Gasteiger partial charge in [0, 0.05) is 7.05 Å². The van der Waals surface area contributed by atoms with E-state index in [1.807, 2.05) is 5.32 Å². The van der Waals surface area contributed by atoms with Gasteiger partial charge in [-0.3, -0.25) is 9.59 Å². The molecule has 0 aliphatic carbocycles. The van der Waals surface area contributed by atoms with Crippen molar-refractivity contribution in [3.05, 3.63) is 39.7 Å². The van der Waals surface area contributed by atoms with Crippen LogP contribution >= 0.6 is 0 Å². The summed E-state index contributed by atoms with van der Waals surface area (Å²) in [4.78, 5) is 35.8. The van der Waals surface area contributed by atoms with Crippen LogP contribution in [0.5, 0.6) is 5.75 Å². The van der Waals surface area contributed by atoms with Crippen molar-refractivity contribution in [2.24, 2.45) is 7.05 Å². The van der Waals surface area contributed by atoms with Crippen molar-refractivity contribution in [3.8, 4) is 5.75 Å². The molecular formula is C16H15F3N2O5. The Labute approximate surface area is 144 Å². The Morgan fingerprint density at radius 2 is 1.77 bits per heavy atom. The minimum absolute atomic E-state index is 0.226. The highest BCUT2D eigenvalue weighted by molar-refractivity contribution is 6.04. The number of pyridine rings is 1. The van der Waals surface area contributed by atoms with Crippen LogP contribution in [0.3, 0.4) is 0 Å². The second kappa shape index (κ2) is 6.04. The zero-order chi connectivity index (χ0) is 20.0. The van der Waals surface area contributed by atoms with Gasteiger partial charge in [-0.1, -0.05) is 6.07 Å². The molecule has 0 atom stereocenters. The number of aromatic hydroxyl groups is 1. The lowest BCUT2D eigenvalue weighted by atomic mass is 10.0. The molecule has 0 saturated carbocycles. The van der Waals surface area contributed by atoms with Gasteiger partial charge in [-0.15, -0.1) is 0 Å². The maximum absolute atomic E-state index is 13.3. The molecule has 0 aliphatic heterocycles. The molecule has 2 aromatic rings. The summed E-state index contributed by atoms with van der Waals surface area (Å²) in [6, 6.07) is 2.96. The van der Waals surface area contributed by atoms with Crippen molar-refractivity contribution in [2.75, 3.05) is 0 Å². The second-order valence-electron chi connectivity index (χ2n) is 6.17. The van der Waals surface area contributed by atoms with Crippen LogP contribution in [0.1, 0.15) is 29.8 Å². The second-order valence-corrected chi connectivity index (χ2v) is 6.17. The van der Waals surface area contributed by atoms with E-state index in [-0.39, 0.29) is 5.52 Å². The molecule has 10 heteroatoms. The minimum Gasteiger partial charge on any atom is -0.506 e. The number of nitrogens with one attached hydrogen (secondary N) is 1. The number of carboxylic acids is 1. The molecule has 3 N–H and O–H groups in total. The molecule has 26 heavy (non-hydrogen) atoms. The summed E-state index contributed by atoms with van der Waals surface area (Å²) in [7, 11) is 1.14. The van der Waals surface area contributed by atoms with Gasteiger partial charge < -0.3 is 20.1 Å². The predicted molar refractivity (Wildman–Crippen MR) is 85.0 cm³/mol. The van der Waals surface area contributed by atoms with Crippen LogP contribution in [0, 0.1) is 0 Å². The number of carbonyl (C=O) groups is 2. The quantitative estimate of drug-likeness (QED) is 0.762. The summed E-state index contributed by atoms with van der Waals surface area (Å²) >= 11 is 0. The average Bonchev–Trinajstić information content (AvgIpc) is 2.50. The summed E-state index contributed by atoms with van der Waals surface area (Å²) in [5.41, 5.74) is -5.29. The van der Waals surface area contributed by atoms with Crippen molar-refractivity contribution in [3.63, 3.8) is 0 Å². The van der Waals surface area contributed by atoms with E-state index < -0.39 is 51.4 Å². The van der Waals surface area contributed by atoms with Crippen LogP contribution in [0.25, 0.3) is 10.9 Å². The number of halogens is 3. The lowest BCUT2D eigenvalue weighted by Crippen LogP contribution is -2.50. The van der Waals surface area contributed by atoms with Gasteiger partial charge in [-0.05, 0) is 26.0 Å². The van der Waals surface area contributed by atoms with Gasteiger partial charge in [0.15, 0.2) is 0 Å². The van der Waals surface area contributed by atoms with Crippen molar-refractivity contribution in [2.45, 2.75) is 25.6 Å². The minimum atomic E-state index is -4.84. The van der Waals surface area contributed by atoms with Crippen molar-refractivity contribution in [1.82, 2.24) is 9.88 Å². The van der Waals surface area contributed by atoms with Crippen LogP contribution < -0.4 is 10.9 Å². The molecule has 0 aliphatic rings. The molecule has 1 heterocycles. The molecule has 140 valence electrons. The zero-order valence-electron chi connectivity index (χ0n) is 13.9. The van der Waals surface area contributed by atoms with Crippen LogP contribution in [-0.4, -0.2) is 32.2 Å². The van der Waals surface area contributed by atoms with E-state index in [0.29, 0.717) is 6.07 Å². The number of amides is 1. The van der Waals surface area contributed by atoms with Crippen molar-refractivity contribution in [1.29, 1.82) is 0 Å². The molecule has 0 saturated heterocycles. The summed E-state index contributed by atoms with van der Waals surface area (Å²) in [6.07, 6.45) is -4.84. The summed E-state index contributed by atoms with van der Waals surface area (Å²) < 4.78 is 40.6. The van der Waals surface area contributed by atoms with Crippen LogP contribution in [0.4, 0.5) is 13.2 Å². The number of rotatable bonds is 3. The molecule has 0 bridgehead atoms. The Hall–Kier alpha value is -3.04. The number of carbonyl (C=O) groups excluding carboxylic acids is 1. The first-order valence-electron chi connectivity index (χ1n) is 7.26. The fraction of sp³-hybridized carbons (Fsp3) is 0.312. The third-order valence-corrected chi connectivity index (χ3v) is 3.89.